The normalized spacial score (nSPS) is 10.8. The molecule has 21 heavy (non-hydrogen) atoms. The lowest BCUT2D eigenvalue weighted by molar-refractivity contribution is -0.137. The van der Waals surface area contributed by atoms with Gasteiger partial charge in [0.1, 0.15) is 5.75 Å². The van der Waals surface area contributed by atoms with Crippen LogP contribution in [0.2, 0.25) is 0 Å². The average Bonchev–Trinajstić information content (AvgIpc) is 2.36. The highest BCUT2D eigenvalue weighted by Gasteiger charge is 2.21. The van der Waals surface area contributed by atoms with Gasteiger partial charge in [0.25, 0.3) is 5.91 Å². The number of ether oxygens (including phenoxy) is 1. The van der Waals surface area contributed by atoms with Gasteiger partial charge in [-0.25, -0.2) is 4.79 Å². The van der Waals surface area contributed by atoms with Crippen LogP contribution in [-0.4, -0.2) is 40.6 Å². The van der Waals surface area contributed by atoms with Crippen molar-refractivity contribution in [2.24, 2.45) is 0 Å². The zero-order chi connectivity index (χ0) is 16.2. The molecule has 0 aliphatic rings. The molecule has 0 saturated carbocycles. The summed E-state index contributed by atoms with van der Waals surface area (Å²) in [6.07, 6.45) is 0. The van der Waals surface area contributed by atoms with Gasteiger partial charge in [0, 0.05) is 17.6 Å². The van der Waals surface area contributed by atoms with Crippen molar-refractivity contribution in [3.05, 3.63) is 29.3 Å². The molecule has 0 spiro atoms. The van der Waals surface area contributed by atoms with Crippen molar-refractivity contribution in [1.82, 2.24) is 4.90 Å². The second-order valence-corrected chi connectivity index (χ2v) is 5.51. The molecule has 1 rings (SSSR count). The Morgan fingerprint density at radius 2 is 1.76 bits per heavy atom. The molecule has 1 aromatic carbocycles. The Labute approximate surface area is 125 Å². The molecule has 5 heteroatoms. The van der Waals surface area contributed by atoms with Gasteiger partial charge in [0.2, 0.25) is 0 Å². The van der Waals surface area contributed by atoms with Gasteiger partial charge < -0.3 is 14.7 Å². The summed E-state index contributed by atoms with van der Waals surface area (Å²) in [6.45, 7) is 9.39. The van der Waals surface area contributed by atoms with Crippen molar-refractivity contribution in [1.29, 1.82) is 0 Å². The minimum absolute atomic E-state index is 0.0903. The number of amides is 1. The highest BCUT2D eigenvalue weighted by atomic mass is 16.5. The van der Waals surface area contributed by atoms with Crippen LogP contribution in [0.15, 0.2) is 18.2 Å². The molecular formula is C16H23NO4. The second-order valence-electron chi connectivity index (χ2n) is 5.51. The largest absolute Gasteiger partial charge is 0.483 e. The predicted molar refractivity (Wildman–Crippen MR) is 80.8 cm³/mol. The van der Waals surface area contributed by atoms with Crippen molar-refractivity contribution in [3.63, 3.8) is 0 Å². The topological polar surface area (TPSA) is 66.8 Å². The van der Waals surface area contributed by atoms with Crippen LogP contribution in [0.5, 0.6) is 5.75 Å². The molecule has 0 fully saturated rings. The summed E-state index contributed by atoms with van der Waals surface area (Å²) in [7, 11) is 0. The molecule has 0 atom stereocenters. The van der Waals surface area contributed by atoms with Crippen molar-refractivity contribution in [2.75, 3.05) is 6.61 Å². The number of carbonyl (C=O) groups excluding carboxylic acids is 1. The van der Waals surface area contributed by atoms with Crippen LogP contribution in [0, 0.1) is 6.92 Å². The smallest absolute Gasteiger partial charge is 0.336 e. The van der Waals surface area contributed by atoms with Gasteiger partial charge in [0.15, 0.2) is 6.61 Å². The van der Waals surface area contributed by atoms with Gasteiger partial charge in [-0.2, -0.15) is 0 Å². The van der Waals surface area contributed by atoms with Gasteiger partial charge in [-0.05, 0) is 46.8 Å². The molecule has 0 saturated heterocycles. The quantitative estimate of drug-likeness (QED) is 0.875. The Balaban J connectivity index is 2.82. The predicted octanol–water partition coefficient (Wildman–Crippen LogP) is 2.72. The Hall–Kier alpha value is -2.04. The van der Waals surface area contributed by atoms with Gasteiger partial charge in [0.05, 0.1) is 5.56 Å². The number of nitrogens with zero attached hydrogens (tertiary/aromatic N) is 1. The second kappa shape index (κ2) is 7.11. The van der Waals surface area contributed by atoms with Crippen LogP contribution in [0.25, 0.3) is 0 Å². The highest BCUT2D eigenvalue weighted by Crippen LogP contribution is 2.21. The average molecular weight is 293 g/mol. The summed E-state index contributed by atoms with van der Waals surface area (Å²) in [6, 6.07) is 4.98. The summed E-state index contributed by atoms with van der Waals surface area (Å²) < 4.78 is 5.52. The number of rotatable bonds is 6. The van der Waals surface area contributed by atoms with Crippen LogP contribution >= 0.6 is 0 Å². The summed E-state index contributed by atoms with van der Waals surface area (Å²) in [5, 5.41) is 9.07. The summed E-state index contributed by atoms with van der Waals surface area (Å²) in [5.74, 6) is -0.689. The van der Waals surface area contributed by atoms with E-state index in [0.717, 1.165) is 0 Å². The summed E-state index contributed by atoms with van der Waals surface area (Å²) in [5.41, 5.74) is 0.711. The molecular weight excluding hydrogens is 270 g/mol. The number of carbonyl (C=O) groups is 2. The maximum atomic E-state index is 12.2. The third kappa shape index (κ3) is 4.21. The molecule has 0 aliphatic carbocycles. The molecule has 0 bridgehead atoms. The molecule has 0 aliphatic heterocycles. The monoisotopic (exact) mass is 293 g/mol. The molecule has 0 unspecified atom stereocenters. The highest BCUT2D eigenvalue weighted by molar-refractivity contribution is 5.90. The molecule has 0 radical (unpaired) electrons. The van der Waals surface area contributed by atoms with Gasteiger partial charge in [-0.1, -0.05) is 6.07 Å². The lowest BCUT2D eigenvalue weighted by Gasteiger charge is -2.30. The van der Waals surface area contributed by atoms with E-state index in [1.165, 1.54) is 6.07 Å². The lowest BCUT2D eigenvalue weighted by atomic mass is 10.1. The Kier molecular flexibility index (Phi) is 5.76. The van der Waals surface area contributed by atoms with E-state index in [-0.39, 0.29) is 30.2 Å². The fourth-order valence-electron chi connectivity index (χ4n) is 2.39. The van der Waals surface area contributed by atoms with Gasteiger partial charge in [-0.15, -0.1) is 0 Å². The Bertz CT molecular complexity index is 515. The van der Waals surface area contributed by atoms with E-state index in [1.54, 1.807) is 24.0 Å². The van der Waals surface area contributed by atoms with Gasteiger partial charge in [-0.3, -0.25) is 4.79 Å². The number of benzene rings is 1. The van der Waals surface area contributed by atoms with Crippen molar-refractivity contribution in [2.45, 2.75) is 46.7 Å². The molecule has 0 aromatic heterocycles. The first-order valence-corrected chi connectivity index (χ1v) is 7.02. The number of carboxylic acid groups (broad SMARTS) is 1. The third-order valence-corrected chi connectivity index (χ3v) is 3.27. The van der Waals surface area contributed by atoms with E-state index >= 15 is 0 Å². The van der Waals surface area contributed by atoms with Crippen LogP contribution in [0.3, 0.4) is 0 Å². The van der Waals surface area contributed by atoms with E-state index in [0.29, 0.717) is 11.3 Å². The number of aromatic carboxylic acids is 1. The van der Waals surface area contributed by atoms with E-state index in [2.05, 4.69) is 0 Å². The zero-order valence-electron chi connectivity index (χ0n) is 13.2. The Morgan fingerprint density at radius 1 is 1.19 bits per heavy atom. The van der Waals surface area contributed by atoms with Crippen LogP contribution < -0.4 is 4.74 Å². The molecule has 1 amide bonds. The number of hydrogen-bond donors (Lipinski definition) is 1. The molecule has 1 N–H and O–H groups in total. The first-order chi connectivity index (χ1) is 9.75. The first-order valence-electron chi connectivity index (χ1n) is 7.02. The van der Waals surface area contributed by atoms with Crippen molar-refractivity contribution in [3.8, 4) is 5.75 Å². The van der Waals surface area contributed by atoms with Crippen molar-refractivity contribution >= 4 is 11.9 Å². The molecule has 1 aromatic rings. The van der Waals surface area contributed by atoms with E-state index < -0.39 is 5.97 Å². The van der Waals surface area contributed by atoms with Crippen molar-refractivity contribution < 1.29 is 19.4 Å². The Morgan fingerprint density at radius 3 is 2.24 bits per heavy atom. The first kappa shape index (κ1) is 17.0. The fourth-order valence-corrected chi connectivity index (χ4v) is 2.39. The fraction of sp³-hybridized carbons (Fsp3) is 0.500. The maximum Gasteiger partial charge on any atom is 0.336 e. The van der Waals surface area contributed by atoms with Gasteiger partial charge >= 0.3 is 5.97 Å². The summed E-state index contributed by atoms with van der Waals surface area (Å²) in [4.78, 5) is 25.0. The minimum Gasteiger partial charge on any atom is -0.483 e. The van der Waals surface area contributed by atoms with Crippen LogP contribution in [0.1, 0.15) is 43.6 Å². The lowest BCUT2D eigenvalue weighted by Crippen LogP contribution is -2.44. The SMILES string of the molecule is Cc1c(OCC(=O)N(C(C)C)C(C)C)cccc1C(=O)O. The standard InChI is InChI=1S/C16H23NO4/c1-10(2)17(11(3)4)15(18)9-21-14-8-6-7-13(12(14)5)16(19)20/h6-8,10-11H,9H2,1-5H3,(H,19,20). The van der Waals surface area contributed by atoms with Crippen LogP contribution in [0.4, 0.5) is 0 Å². The zero-order valence-corrected chi connectivity index (χ0v) is 13.2. The van der Waals surface area contributed by atoms with Crippen LogP contribution in [-0.2, 0) is 4.79 Å². The number of hydrogen-bond acceptors (Lipinski definition) is 3. The third-order valence-electron chi connectivity index (χ3n) is 3.27. The summed E-state index contributed by atoms with van der Waals surface area (Å²) >= 11 is 0. The molecule has 5 nitrogen and oxygen atoms in total. The minimum atomic E-state index is -1.00. The van der Waals surface area contributed by atoms with E-state index in [1.807, 2.05) is 27.7 Å². The van der Waals surface area contributed by atoms with E-state index in [4.69, 9.17) is 9.84 Å². The maximum absolute atomic E-state index is 12.2. The molecule has 0 heterocycles. The number of carboxylic acids is 1. The van der Waals surface area contributed by atoms with E-state index in [9.17, 15) is 9.59 Å². The molecule has 116 valence electrons.